The van der Waals surface area contributed by atoms with E-state index in [0.717, 1.165) is 12.8 Å². The van der Waals surface area contributed by atoms with Crippen molar-refractivity contribution < 1.29 is 26.6 Å². The number of anilines is 1. The van der Waals surface area contributed by atoms with Crippen molar-refractivity contribution in [1.82, 2.24) is 15.0 Å². The lowest BCUT2D eigenvalue weighted by Crippen LogP contribution is -2.44. The van der Waals surface area contributed by atoms with Crippen LogP contribution in [0.3, 0.4) is 0 Å². The van der Waals surface area contributed by atoms with Crippen LogP contribution in [-0.4, -0.2) is 88.3 Å². The molecule has 0 atom stereocenters. The molecule has 0 aliphatic rings. The molecule has 1 aromatic rings. The molecular weight excluding hydrogens is 459 g/mol. The first kappa shape index (κ1) is 26.6. The monoisotopic (exact) mass is 488 g/mol. The fraction of sp³-hybridized carbons (Fsp3) is 0.800. The Morgan fingerprint density at radius 3 is 1.31 bits per heavy atom. The van der Waals surface area contributed by atoms with Gasteiger partial charge in [0.05, 0.1) is 0 Å². The van der Waals surface area contributed by atoms with Crippen LogP contribution in [0, 0.1) is 0 Å². The number of halogens is 2. The Kier molecular flexibility index (Phi) is 12.0. The normalized spacial score (nSPS) is 12.4. The molecule has 0 saturated heterocycles. The Hall–Kier alpha value is -0.416. The summed E-state index contributed by atoms with van der Waals surface area (Å²) >= 11 is 11.9. The van der Waals surface area contributed by atoms with Crippen molar-refractivity contribution in [2.75, 3.05) is 60.6 Å². The van der Waals surface area contributed by atoms with Crippen LogP contribution in [0.4, 0.5) is 5.95 Å². The highest BCUT2D eigenvalue weighted by molar-refractivity contribution is 6.60. The minimum Gasteiger partial charge on any atom is -0.377 e. The highest BCUT2D eigenvalue weighted by atomic mass is 35.5. The fourth-order valence-electron chi connectivity index (χ4n) is 2.85. The Morgan fingerprint density at radius 1 is 0.655 bits per heavy atom. The van der Waals surface area contributed by atoms with E-state index in [4.69, 9.17) is 49.8 Å². The number of hydrogen-bond acceptors (Lipinski definition) is 10. The molecule has 1 aromatic heterocycles. The molecule has 0 aromatic carbocycles. The molecule has 29 heavy (non-hydrogen) atoms. The van der Waals surface area contributed by atoms with Crippen LogP contribution in [0.15, 0.2) is 0 Å². The van der Waals surface area contributed by atoms with Crippen molar-refractivity contribution in [3.05, 3.63) is 10.6 Å². The Balaban J connectivity index is 2.87. The van der Waals surface area contributed by atoms with Gasteiger partial charge in [-0.05, 0) is 36.0 Å². The summed E-state index contributed by atoms with van der Waals surface area (Å²) in [6.45, 7) is 1.23. The van der Waals surface area contributed by atoms with Crippen molar-refractivity contribution >= 4 is 46.8 Å². The molecule has 0 bridgehead atoms. The van der Waals surface area contributed by atoms with Gasteiger partial charge in [0.1, 0.15) is 0 Å². The molecule has 14 heteroatoms. The van der Waals surface area contributed by atoms with Crippen LogP contribution in [-0.2, 0) is 26.6 Å². The molecule has 1 rings (SSSR count). The average molecular weight is 490 g/mol. The molecule has 0 spiro atoms. The summed E-state index contributed by atoms with van der Waals surface area (Å²) in [6, 6.07) is 1.26. The zero-order valence-electron chi connectivity index (χ0n) is 17.7. The van der Waals surface area contributed by atoms with Crippen LogP contribution in [0.5, 0.6) is 0 Å². The molecule has 0 fully saturated rings. The van der Waals surface area contributed by atoms with Gasteiger partial charge in [-0.3, -0.25) is 0 Å². The first-order chi connectivity index (χ1) is 13.8. The summed E-state index contributed by atoms with van der Waals surface area (Å²) < 4.78 is 32.9. The molecule has 0 N–H and O–H groups in total. The van der Waals surface area contributed by atoms with Gasteiger partial charge < -0.3 is 31.5 Å². The number of nitrogens with zero attached hydrogens (tertiary/aromatic N) is 4. The summed E-state index contributed by atoms with van der Waals surface area (Å²) in [7, 11) is 4.20. The third kappa shape index (κ3) is 7.97. The summed E-state index contributed by atoms with van der Waals surface area (Å²) in [6.07, 6.45) is 1.45. The van der Waals surface area contributed by atoms with Crippen molar-refractivity contribution in [1.29, 1.82) is 0 Å². The predicted molar refractivity (Wildman–Crippen MR) is 114 cm³/mol. The average Bonchev–Trinajstić information content (AvgIpc) is 2.73. The van der Waals surface area contributed by atoms with E-state index < -0.39 is 17.6 Å². The van der Waals surface area contributed by atoms with Crippen LogP contribution >= 0.6 is 23.2 Å². The second kappa shape index (κ2) is 13.1. The molecule has 10 nitrogen and oxygen atoms in total. The van der Waals surface area contributed by atoms with Gasteiger partial charge in [-0.1, -0.05) is 0 Å². The third-order valence-corrected chi connectivity index (χ3v) is 10.5. The molecule has 1 heterocycles. The van der Waals surface area contributed by atoms with E-state index in [1.807, 2.05) is 4.90 Å². The molecule has 0 saturated carbocycles. The van der Waals surface area contributed by atoms with E-state index in [9.17, 15) is 0 Å². The van der Waals surface area contributed by atoms with Gasteiger partial charge in [-0.15, -0.1) is 0 Å². The highest BCUT2D eigenvalue weighted by Gasteiger charge is 2.38. The number of rotatable bonds is 15. The molecule has 0 amide bonds. The van der Waals surface area contributed by atoms with E-state index in [1.54, 1.807) is 42.7 Å². The maximum absolute atomic E-state index is 5.96. The van der Waals surface area contributed by atoms with Gasteiger partial charge in [-0.2, -0.15) is 15.0 Å². The molecule has 0 aliphatic heterocycles. The minimum absolute atomic E-state index is 0.0359. The van der Waals surface area contributed by atoms with Crippen LogP contribution < -0.4 is 4.90 Å². The van der Waals surface area contributed by atoms with E-state index in [-0.39, 0.29) is 10.6 Å². The van der Waals surface area contributed by atoms with E-state index >= 15 is 0 Å². The first-order valence-electron chi connectivity index (χ1n) is 8.96. The largest absolute Gasteiger partial charge is 0.500 e. The summed E-state index contributed by atoms with van der Waals surface area (Å²) in [5, 5.41) is 0.0718. The summed E-state index contributed by atoms with van der Waals surface area (Å²) in [4.78, 5) is 14.2. The topological polar surface area (TPSA) is 97.3 Å². The minimum atomic E-state index is -2.67. The van der Waals surface area contributed by atoms with Gasteiger partial charge in [0.25, 0.3) is 0 Å². The predicted octanol–water partition coefficient (Wildman–Crippen LogP) is 2.52. The van der Waals surface area contributed by atoms with Crippen molar-refractivity contribution in [3.8, 4) is 0 Å². The van der Waals surface area contributed by atoms with Gasteiger partial charge in [0, 0.05) is 67.8 Å². The molecule has 0 unspecified atom stereocenters. The Bertz CT molecular complexity index is 551. The van der Waals surface area contributed by atoms with Gasteiger partial charge >= 0.3 is 17.6 Å². The number of aromatic nitrogens is 3. The Morgan fingerprint density at radius 2 is 1.00 bits per heavy atom. The third-order valence-electron chi connectivity index (χ3n) is 4.54. The smallest absolute Gasteiger partial charge is 0.377 e. The van der Waals surface area contributed by atoms with E-state index in [1.165, 1.54) is 0 Å². The zero-order valence-corrected chi connectivity index (χ0v) is 21.2. The Labute approximate surface area is 184 Å². The van der Waals surface area contributed by atoms with E-state index in [0.29, 0.717) is 31.1 Å². The van der Waals surface area contributed by atoms with Gasteiger partial charge in [0.2, 0.25) is 16.5 Å². The van der Waals surface area contributed by atoms with Crippen molar-refractivity contribution in [2.45, 2.75) is 24.9 Å². The van der Waals surface area contributed by atoms with E-state index in [2.05, 4.69) is 15.0 Å². The summed E-state index contributed by atoms with van der Waals surface area (Å²) in [5.74, 6) is 0.397. The maximum Gasteiger partial charge on any atom is 0.500 e. The standard InChI is InChI=1S/C15H30Cl2N4O6Si2/c1-22-28(23-2,24-3)11-7-9-21(15-19-13(16)18-14(17)20-15)10-8-12-29(25-4,26-5)27-6/h7-12H2,1-6H3. The quantitative estimate of drug-likeness (QED) is 0.342. The SMILES string of the molecule is CO[Si](CCCN(CCC[Si](OC)(OC)OC)c1nc(Cl)nc(Cl)n1)(OC)OC. The second-order valence-electron chi connectivity index (χ2n) is 5.96. The first-order valence-corrected chi connectivity index (χ1v) is 13.6. The lowest BCUT2D eigenvalue weighted by molar-refractivity contribution is 0.123. The van der Waals surface area contributed by atoms with Crippen molar-refractivity contribution in [3.63, 3.8) is 0 Å². The van der Waals surface area contributed by atoms with Crippen LogP contribution in [0.2, 0.25) is 22.7 Å². The second-order valence-corrected chi connectivity index (χ2v) is 12.8. The van der Waals surface area contributed by atoms with Gasteiger partial charge in [0.15, 0.2) is 0 Å². The van der Waals surface area contributed by atoms with Gasteiger partial charge in [-0.25, -0.2) is 0 Å². The summed E-state index contributed by atoms with van der Waals surface area (Å²) in [5.41, 5.74) is 0. The van der Waals surface area contributed by atoms with Crippen LogP contribution in [0.1, 0.15) is 12.8 Å². The zero-order chi connectivity index (χ0) is 21.9. The van der Waals surface area contributed by atoms with Crippen molar-refractivity contribution in [2.24, 2.45) is 0 Å². The van der Waals surface area contributed by atoms with Crippen LogP contribution in [0.25, 0.3) is 0 Å². The molecule has 0 radical (unpaired) electrons. The molecule has 0 aliphatic carbocycles. The number of hydrogen-bond donors (Lipinski definition) is 0. The lowest BCUT2D eigenvalue weighted by Gasteiger charge is -2.28. The maximum atomic E-state index is 5.96. The molecule has 168 valence electrons. The fourth-order valence-corrected chi connectivity index (χ4v) is 6.62. The lowest BCUT2D eigenvalue weighted by atomic mass is 10.3. The highest BCUT2D eigenvalue weighted by Crippen LogP contribution is 2.21. The molecular formula is C15H30Cl2N4O6Si2.